The summed E-state index contributed by atoms with van der Waals surface area (Å²) in [6.45, 7) is 5.46. The van der Waals surface area contributed by atoms with Crippen molar-refractivity contribution >= 4 is 18.4 Å². The van der Waals surface area contributed by atoms with Gasteiger partial charge in [0.15, 0.2) is 4.77 Å². The molecule has 1 aromatic rings. The summed E-state index contributed by atoms with van der Waals surface area (Å²) >= 11 is 4.74. The van der Waals surface area contributed by atoms with Crippen LogP contribution in [0, 0.1) is 4.77 Å². The minimum Gasteiger partial charge on any atom is -0.494 e. The van der Waals surface area contributed by atoms with Crippen molar-refractivity contribution in [1.82, 2.24) is 20.2 Å². The fourth-order valence-electron chi connectivity index (χ4n) is 1.89. The molecule has 0 radical (unpaired) electrons. The van der Waals surface area contributed by atoms with E-state index in [0.717, 1.165) is 32.7 Å². The number of aromatic nitrogens is 2. The monoisotopic (exact) mass is 283 g/mol. The summed E-state index contributed by atoms with van der Waals surface area (Å²) in [7, 11) is 0. The zero-order chi connectivity index (χ0) is 13.7. The van der Waals surface area contributed by atoms with Crippen LogP contribution in [0.4, 0.5) is 0 Å². The Hall–Kier alpha value is -1.51. The van der Waals surface area contributed by atoms with Crippen LogP contribution in [-0.2, 0) is 0 Å². The molecule has 0 amide bonds. The Morgan fingerprint density at radius 3 is 2.79 bits per heavy atom. The molecule has 1 aliphatic heterocycles. The number of piperazine rings is 1. The van der Waals surface area contributed by atoms with Crippen LogP contribution in [0.2, 0.25) is 0 Å². The number of hydrogen-bond acceptors (Lipinski definition) is 6. The molecule has 0 aliphatic carbocycles. The fourth-order valence-corrected chi connectivity index (χ4v) is 2.08. The van der Waals surface area contributed by atoms with E-state index in [0.29, 0.717) is 6.54 Å². The van der Waals surface area contributed by atoms with Crippen molar-refractivity contribution in [3.8, 4) is 5.88 Å². The smallest absolute Gasteiger partial charge is 0.264 e. The molecule has 1 aliphatic rings. The Morgan fingerprint density at radius 2 is 2.11 bits per heavy atom. The molecule has 1 fully saturated rings. The van der Waals surface area contributed by atoms with E-state index >= 15 is 0 Å². The van der Waals surface area contributed by atoms with Crippen LogP contribution in [0.3, 0.4) is 0 Å². The summed E-state index contributed by atoms with van der Waals surface area (Å²) in [5.41, 5.74) is -0.332. The van der Waals surface area contributed by atoms with E-state index in [-0.39, 0.29) is 16.2 Å². The molecule has 8 heteroatoms. The molecule has 1 aromatic heterocycles. The van der Waals surface area contributed by atoms with E-state index in [2.05, 4.69) is 25.2 Å². The lowest BCUT2D eigenvalue weighted by Crippen LogP contribution is -2.44. The van der Waals surface area contributed by atoms with Crippen LogP contribution in [0.5, 0.6) is 5.88 Å². The van der Waals surface area contributed by atoms with Crippen LogP contribution in [0.25, 0.3) is 0 Å². The van der Waals surface area contributed by atoms with Gasteiger partial charge in [-0.25, -0.2) is 0 Å². The molecular weight excluding hydrogens is 266 g/mol. The second-order valence-corrected chi connectivity index (χ2v) is 4.71. The summed E-state index contributed by atoms with van der Waals surface area (Å²) in [5, 5.41) is 12.8. The van der Waals surface area contributed by atoms with Gasteiger partial charge in [-0.05, 0) is 12.2 Å². The molecule has 104 valence electrons. The second kappa shape index (κ2) is 6.60. The minimum atomic E-state index is -0.438. The highest BCUT2D eigenvalue weighted by molar-refractivity contribution is 7.71. The Kier molecular flexibility index (Phi) is 4.83. The van der Waals surface area contributed by atoms with Crippen molar-refractivity contribution in [2.45, 2.75) is 0 Å². The largest absolute Gasteiger partial charge is 0.494 e. The van der Waals surface area contributed by atoms with Gasteiger partial charge in [0.05, 0.1) is 6.54 Å². The van der Waals surface area contributed by atoms with Gasteiger partial charge in [0.2, 0.25) is 5.88 Å². The Bertz CT molecular complexity index is 559. The average Bonchev–Trinajstić information content (AvgIpc) is 2.38. The highest BCUT2D eigenvalue weighted by Crippen LogP contribution is 2.03. The van der Waals surface area contributed by atoms with E-state index in [4.69, 9.17) is 12.2 Å². The molecule has 0 atom stereocenters. The first-order valence-corrected chi connectivity index (χ1v) is 6.56. The average molecular weight is 283 g/mol. The van der Waals surface area contributed by atoms with Crippen LogP contribution < -0.4 is 10.9 Å². The number of nitrogens with one attached hydrogen (secondary N) is 3. The molecular formula is C11H17N5O2S. The molecule has 1 saturated heterocycles. The molecule has 4 N–H and O–H groups in total. The van der Waals surface area contributed by atoms with Crippen molar-refractivity contribution in [2.24, 2.45) is 4.99 Å². The van der Waals surface area contributed by atoms with Crippen molar-refractivity contribution in [2.75, 3.05) is 39.3 Å². The van der Waals surface area contributed by atoms with Gasteiger partial charge < -0.3 is 15.4 Å². The predicted octanol–water partition coefficient (Wildman–Crippen LogP) is -0.538. The lowest BCUT2D eigenvalue weighted by molar-refractivity contribution is 0.248. The first-order valence-electron chi connectivity index (χ1n) is 6.15. The Labute approximate surface area is 115 Å². The van der Waals surface area contributed by atoms with Crippen molar-refractivity contribution in [3.05, 3.63) is 20.7 Å². The number of hydrogen-bond donors (Lipinski definition) is 4. The van der Waals surface area contributed by atoms with Crippen LogP contribution >= 0.6 is 12.2 Å². The van der Waals surface area contributed by atoms with E-state index in [1.165, 1.54) is 6.21 Å². The maximum atomic E-state index is 11.5. The molecule has 19 heavy (non-hydrogen) atoms. The van der Waals surface area contributed by atoms with E-state index in [9.17, 15) is 9.90 Å². The lowest BCUT2D eigenvalue weighted by atomic mass is 10.3. The minimum absolute atomic E-state index is 0.0977. The van der Waals surface area contributed by atoms with Gasteiger partial charge >= 0.3 is 0 Å². The quantitative estimate of drug-likeness (QED) is 0.440. The van der Waals surface area contributed by atoms with Crippen LogP contribution in [0.15, 0.2) is 9.79 Å². The zero-order valence-corrected chi connectivity index (χ0v) is 11.3. The maximum Gasteiger partial charge on any atom is 0.264 e. The van der Waals surface area contributed by atoms with Crippen molar-refractivity contribution < 1.29 is 5.11 Å². The molecule has 0 bridgehead atoms. The summed E-state index contributed by atoms with van der Waals surface area (Å²) in [6, 6.07) is 0. The topological polar surface area (TPSA) is 96.5 Å². The van der Waals surface area contributed by atoms with Gasteiger partial charge in [0.1, 0.15) is 5.56 Å². The third kappa shape index (κ3) is 3.98. The predicted molar refractivity (Wildman–Crippen MR) is 75.7 cm³/mol. The SMILES string of the molecule is O=c1[nH]c(=S)[nH]c(O)c1C=NCCN1CCNCC1. The van der Waals surface area contributed by atoms with Crippen molar-refractivity contribution in [3.63, 3.8) is 0 Å². The highest BCUT2D eigenvalue weighted by Gasteiger charge is 2.08. The van der Waals surface area contributed by atoms with Gasteiger partial charge in [-0.1, -0.05) is 0 Å². The van der Waals surface area contributed by atoms with Gasteiger partial charge in [-0.2, -0.15) is 0 Å². The molecule has 7 nitrogen and oxygen atoms in total. The molecule has 0 aromatic carbocycles. The van der Waals surface area contributed by atoms with Gasteiger partial charge in [-0.15, -0.1) is 0 Å². The van der Waals surface area contributed by atoms with Crippen LogP contribution in [0.1, 0.15) is 5.56 Å². The molecule has 0 spiro atoms. The van der Waals surface area contributed by atoms with Crippen molar-refractivity contribution in [1.29, 1.82) is 0 Å². The van der Waals surface area contributed by atoms with E-state index in [1.54, 1.807) is 0 Å². The number of rotatable bonds is 4. The first-order chi connectivity index (χ1) is 9.16. The second-order valence-electron chi connectivity index (χ2n) is 4.30. The summed E-state index contributed by atoms with van der Waals surface area (Å²) in [4.78, 5) is 22.9. The number of aliphatic imine (C=N–C) groups is 1. The van der Waals surface area contributed by atoms with Gasteiger partial charge in [0, 0.05) is 38.9 Å². The standard InChI is InChI=1S/C11H17N5O2S/c17-9-8(10(18)15-11(19)14-9)7-13-3-6-16-4-1-12-2-5-16/h7,12H,1-6H2,(H3,14,15,17,18,19). The molecule has 2 rings (SSSR count). The normalized spacial score (nSPS) is 17.1. The number of aromatic hydroxyl groups is 1. The molecule has 2 heterocycles. The summed E-state index contributed by atoms with van der Waals surface area (Å²) in [6.07, 6.45) is 1.38. The van der Waals surface area contributed by atoms with Gasteiger partial charge in [-0.3, -0.25) is 19.7 Å². The highest BCUT2D eigenvalue weighted by atomic mass is 32.1. The first kappa shape index (κ1) is 13.9. The summed E-state index contributed by atoms with van der Waals surface area (Å²) in [5.74, 6) is -0.250. The number of H-pyrrole nitrogens is 2. The van der Waals surface area contributed by atoms with E-state index in [1.807, 2.05) is 0 Å². The van der Waals surface area contributed by atoms with E-state index < -0.39 is 5.56 Å². The Balaban J connectivity index is 1.92. The maximum absolute atomic E-state index is 11.5. The van der Waals surface area contributed by atoms with Crippen LogP contribution in [-0.4, -0.2) is 65.5 Å². The summed E-state index contributed by atoms with van der Waals surface area (Å²) < 4.78 is 0.0977. The Morgan fingerprint density at radius 1 is 1.37 bits per heavy atom. The zero-order valence-electron chi connectivity index (χ0n) is 10.5. The number of nitrogens with zero attached hydrogens (tertiary/aromatic N) is 2. The lowest BCUT2D eigenvalue weighted by Gasteiger charge is -2.26. The number of aromatic amines is 2. The third-order valence-electron chi connectivity index (χ3n) is 2.93. The molecule has 0 unspecified atom stereocenters. The third-order valence-corrected chi connectivity index (χ3v) is 3.14. The van der Waals surface area contributed by atoms with Gasteiger partial charge in [0.25, 0.3) is 5.56 Å². The molecule has 0 saturated carbocycles. The fraction of sp³-hybridized carbons (Fsp3) is 0.545.